The molecule has 2 rings (SSSR count). The van der Waals surface area contributed by atoms with Crippen molar-refractivity contribution >= 4 is 0 Å². The second-order valence-corrected chi connectivity index (χ2v) is 3.74. The minimum Gasteiger partial charge on any atom is -0.253 e. The third-order valence-electron chi connectivity index (χ3n) is 2.45. The zero-order chi connectivity index (χ0) is 10.7. The van der Waals surface area contributed by atoms with Gasteiger partial charge in [-0.15, -0.1) is 0 Å². The molecule has 0 aliphatic heterocycles. The molecule has 1 nitrogen and oxygen atoms in total. The summed E-state index contributed by atoms with van der Waals surface area (Å²) in [4.78, 5) is 4.62. The molecule has 0 unspecified atom stereocenters. The zero-order valence-electron chi connectivity index (χ0n) is 9.20. The Balaban J connectivity index is 2.49. The van der Waals surface area contributed by atoms with Crippen LogP contribution in [0.4, 0.5) is 0 Å². The van der Waals surface area contributed by atoms with Crippen molar-refractivity contribution in [2.75, 3.05) is 0 Å². The Kier molecular flexibility index (Phi) is 2.82. The van der Waals surface area contributed by atoms with Crippen LogP contribution in [0.3, 0.4) is 0 Å². The minimum atomic E-state index is 0.988. The van der Waals surface area contributed by atoms with Gasteiger partial charge in [0, 0.05) is 11.3 Å². The molecule has 1 heterocycles. The number of pyridine rings is 1. The van der Waals surface area contributed by atoms with E-state index in [1.807, 2.05) is 18.2 Å². The molecule has 1 heteroatoms. The fourth-order valence-electron chi connectivity index (χ4n) is 1.68. The average Bonchev–Trinajstić information content (AvgIpc) is 2.29. The van der Waals surface area contributed by atoms with Gasteiger partial charge in [-0.1, -0.05) is 37.3 Å². The standard InChI is InChI=1S/C14H15N/c1-3-13-9-11(2)10-14(15-13)12-7-5-4-6-8-12/h4-10H,3H2,1-2H3. The van der Waals surface area contributed by atoms with E-state index in [0.29, 0.717) is 0 Å². The van der Waals surface area contributed by atoms with E-state index in [9.17, 15) is 0 Å². The van der Waals surface area contributed by atoms with Gasteiger partial charge in [-0.25, -0.2) is 0 Å². The Morgan fingerprint density at radius 2 is 1.80 bits per heavy atom. The summed E-state index contributed by atoms with van der Waals surface area (Å²) in [6.45, 7) is 4.25. The normalized spacial score (nSPS) is 10.3. The molecule has 0 bridgehead atoms. The topological polar surface area (TPSA) is 12.9 Å². The van der Waals surface area contributed by atoms with Gasteiger partial charge in [-0.2, -0.15) is 0 Å². The lowest BCUT2D eigenvalue weighted by molar-refractivity contribution is 1.03. The quantitative estimate of drug-likeness (QED) is 0.716. The van der Waals surface area contributed by atoms with Crippen LogP contribution in [-0.2, 0) is 6.42 Å². The third kappa shape index (κ3) is 2.24. The Morgan fingerprint density at radius 1 is 1.07 bits per heavy atom. The summed E-state index contributed by atoms with van der Waals surface area (Å²) in [7, 11) is 0. The number of hydrogen-bond donors (Lipinski definition) is 0. The molecule has 15 heavy (non-hydrogen) atoms. The van der Waals surface area contributed by atoms with Crippen LogP contribution in [0.25, 0.3) is 11.3 Å². The first-order valence-corrected chi connectivity index (χ1v) is 5.32. The maximum Gasteiger partial charge on any atom is 0.0707 e. The third-order valence-corrected chi connectivity index (χ3v) is 2.45. The van der Waals surface area contributed by atoms with E-state index in [-0.39, 0.29) is 0 Å². The zero-order valence-corrected chi connectivity index (χ0v) is 9.20. The van der Waals surface area contributed by atoms with Crippen LogP contribution < -0.4 is 0 Å². The van der Waals surface area contributed by atoms with E-state index in [4.69, 9.17) is 0 Å². The smallest absolute Gasteiger partial charge is 0.0707 e. The van der Waals surface area contributed by atoms with Gasteiger partial charge >= 0.3 is 0 Å². The largest absolute Gasteiger partial charge is 0.253 e. The predicted octanol–water partition coefficient (Wildman–Crippen LogP) is 3.62. The summed E-state index contributed by atoms with van der Waals surface area (Å²) < 4.78 is 0. The Bertz CT molecular complexity index is 446. The van der Waals surface area contributed by atoms with Gasteiger partial charge in [-0.3, -0.25) is 4.98 Å². The van der Waals surface area contributed by atoms with Crippen molar-refractivity contribution in [1.82, 2.24) is 4.98 Å². The van der Waals surface area contributed by atoms with Crippen LogP contribution in [-0.4, -0.2) is 4.98 Å². The number of rotatable bonds is 2. The van der Waals surface area contributed by atoms with Gasteiger partial charge < -0.3 is 0 Å². The number of aryl methyl sites for hydroxylation is 2. The van der Waals surface area contributed by atoms with Crippen molar-refractivity contribution < 1.29 is 0 Å². The first-order chi connectivity index (χ1) is 7.29. The second-order valence-electron chi connectivity index (χ2n) is 3.74. The van der Waals surface area contributed by atoms with Gasteiger partial charge in [0.2, 0.25) is 0 Å². The Hall–Kier alpha value is -1.63. The monoisotopic (exact) mass is 197 g/mol. The lowest BCUT2D eigenvalue weighted by atomic mass is 10.1. The SMILES string of the molecule is CCc1cc(C)cc(-c2ccccc2)n1. The molecule has 0 fully saturated rings. The highest BCUT2D eigenvalue weighted by molar-refractivity contribution is 5.59. The number of benzene rings is 1. The maximum atomic E-state index is 4.62. The number of aromatic nitrogens is 1. The summed E-state index contributed by atoms with van der Waals surface area (Å²) in [5, 5.41) is 0. The number of nitrogens with zero attached hydrogens (tertiary/aromatic N) is 1. The maximum absolute atomic E-state index is 4.62. The van der Waals surface area contributed by atoms with Gasteiger partial charge in [0.1, 0.15) is 0 Å². The molecule has 0 aliphatic carbocycles. The van der Waals surface area contributed by atoms with Crippen LogP contribution >= 0.6 is 0 Å². The highest BCUT2D eigenvalue weighted by Crippen LogP contribution is 2.18. The second kappa shape index (κ2) is 4.26. The van der Waals surface area contributed by atoms with E-state index < -0.39 is 0 Å². The molecule has 0 atom stereocenters. The van der Waals surface area contributed by atoms with E-state index >= 15 is 0 Å². The molecule has 0 N–H and O–H groups in total. The summed E-state index contributed by atoms with van der Waals surface area (Å²) in [5.74, 6) is 0. The molecule has 1 aromatic carbocycles. The van der Waals surface area contributed by atoms with Gasteiger partial charge in [0.25, 0.3) is 0 Å². The first-order valence-electron chi connectivity index (χ1n) is 5.32. The van der Waals surface area contributed by atoms with Crippen LogP contribution in [0.5, 0.6) is 0 Å². The van der Waals surface area contributed by atoms with Crippen molar-refractivity contribution in [2.45, 2.75) is 20.3 Å². The van der Waals surface area contributed by atoms with Crippen molar-refractivity contribution in [1.29, 1.82) is 0 Å². The molecule has 1 aromatic heterocycles. The molecule has 76 valence electrons. The van der Waals surface area contributed by atoms with Crippen molar-refractivity contribution in [2.24, 2.45) is 0 Å². The van der Waals surface area contributed by atoms with E-state index in [0.717, 1.165) is 17.8 Å². The molecule has 0 saturated heterocycles. The Morgan fingerprint density at radius 3 is 2.47 bits per heavy atom. The minimum absolute atomic E-state index is 0.988. The fourth-order valence-corrected chi connectivity index (χ4v) is 1.68. The van der Waals surface area contributed by atoms with Crippen molar-refractivity contribution in [3.05, 3.63) is 53.7 Å². The van der Waals surface area contributed by atoms with Gasteiger partial charge in [0.05, 0.1) is 5.69 Å². The van der Waals surface area contributed by atoms with E-state index in [1.54, 1.807) is 0 Å². The molecule has 0 saturated carbocycles. The van der Waals surface area contributed by atoms with Crippen LogP contribution in [0.1, 0.15) is 18.2 Å². The average molecular weight is 197 g/mol. The molecular formula is C14H15N. The lowest BCUT2D eigenvalue weighted by Gasteiger charge is -2.05. The molecule has 0 spiro atoms. The van der Waals surface area contributed by atoms with Crippen LogP contribution in [0.2, 0.25) is 0 Å². The highest BCUT2D eigenvalue weighted by Gasteiger charge is 2.01. The molecule has 0 amide bonds. The van der Waals surface area contributed by atoms with Crippen LogP contribution in [0.15, 0.2) is 42.5 Å². The molecule has 0 radical (unpaired) electrons. The molecular weight excluding hydrogens is 182 g/mol. The van der Waals surface area contributed by atoms with Crippen LogP contribution in [0, 0.1) is 6.92 Å². The summed E-state index contributed by atoms with van der Waals surface area (Å²) in [6, 6.07) is 14.6. The predicted molar refractivity (Wildman–Crippen MR) is 63.8 cm³/mol. The summed E-state index contributed by atoms with van der Waals surface area (Å²) in [5.41, 5.74) is 4.71. The number of hydrogen-bond acceptors (Lipinski definition) is 1. The molecule has 2 aromatic rings. The Labute approximate surface area is 90.8 Å². The first kappa shape index (κ1) is 9.91. The van der Waals surface area contributed by atoms with Gasteiger partial charge in [-0.05, 0) is 31.0 Å². The van der Waals surface area contributed by atoms with E-state index in [1.165, 1.54) is 11.1 Å². The molecule has 0 aliphatic rings. The fraction of sp³-hybridized carbons (Fsp3) is 0.214. The highest BCUT2D eigenvalue weighted by atomic mass is 14.7. The summed E-state index contributed by atoms with van der Waals surface area (Å²) in [6.07, 6.45) is 0.988. The lowest BCUT2D eigenvalue weighted by Crippen LogP contribution is -1.91. The van der Waals surface area contributed by atoms with E-state index in [2.05, 4.69) is 43.1 Å². The van der Waals surface area contributed by atoms with Crippen molar-refractivity contribution in [3.8, 4) is 11.3 Å². The van der Waals surface area contributed by atoms with Gasteiger partial charge in [0.15, 0.2) is 0 Å². The van der Waals surface area contributed by atoms with Crippen molar-refractivity contribution in [3.63, 3.8) is 0 Å². The summed E-state index contributed by atoms with van der Waals surface area (Å²) >= 11 is 0.